The molecule has 0 aliphatic carbocycles. The second-order valence-electron chi connectivity index (χ2n) is 10.7. The second kappa shape index (κ2) is 10.6. The standard InChI is InChI=1S/C36H34O2/c1-6-25-12-16-27(17-13-25)23-37-34-31-11-9-8-10-29(31)22-30-20-21-32(36(3,4)5)35(33(30)34)38-24-28-18-14-26(7-2)15-19-28/h6-22H,1-2,23-24H2,3-5H3. The first kappa shape index (κ1) is 25.4. The minimum absolute atomic E-state index is 0.111. The first-order valence-electron chi connectivity index (χ1n) is 13.0. The molecule has 0 heterocycles. The van der Waals surface area contributed by atoms with Crippen LogP contribution in [0.2, 0.25) is 0 Å². The molecule has 190 valence electrons. The van der Waals surface area contributed by atoms with Crippen LogP contribution in [-0.4, -0.2) is 0 Å². The van der Waals surface area contributed by atoms with E-state index in [9.17, 15) is 0 Å². The van der Waals surface area contributed by atoms with Crippen LogP contribution >= 0.6 is 0 Å². The van der Waals surface area contributed by atoms with Crippen molar-refractivity contribution in [2.24, 2.45) is 0 Å². The molecule has 0 saturated heterocycles. The van der Waals surface area contributed by atoms with Crippen molar-refractivity contribution in [3.63, 3.8) is 0 Å². The van der Waals surface area contributed by atoms with E-state index in [1.807, 2.05) is 12.2 Å². The Morgan fingerprint density at radius 2 is 1.18 bits per heavy atom. The highest BCUT2D eigenvalue weighted by molar-refractivity contribution is 6.08. The zero-order chi connectivity index (χ0) is 26.7. The lowest BCUT2D eigenvalue weighted by Gasteiger charge is -2.26. The zero-order valence-electron chi connectivity index (χ0n) is 22.5. The van der Waals surface area contributed by atoms with Crippen molar-refractivity contribution in [3.8, 4) is 11.5 Å². The minimum atomic E-state index is -0.111. The van der Waals surface area contributed by atoms with Gasteiger partial charge < -0.3 is 9.47 Å². The molecule has 2 heteroatoms. The Bertz CT molecular complexity index is 1600. The third-order valence-electron chi connectivity index (χ3n) is 6.94. The van der Waals surface area contributed by atoms with Crippen LogP contribution < -0.4 is 9.47 Å². The highest BCUT2D eigenvalue weighted by Gasteiger charge is 2.24. The molecule has 0 fully saturated rings. The molecule has 0 aromatic heterocycles. The molecule has 0 atom stereocenters. The van der Waals surface area contributed by atoms with E-state index in [0.717, 1.165) is 60.9 Å². The summed E-state index contributed by atoms with van der Waals surface area (Å²) in [6.07, 6.45) is 3.71. The molecule has 5 rings (SSSR count). The molecular formula is C36H34O2. The van der Waals surface area contributed by atoms with Crippen LogP contribution in [0.25, 0.3) is 33.7 Å². The third-order valence-corrected chi connectivity index (χ3v) is 6.94. The lowest BCUT2D eigenvalue weighted by atomic mass is 9.84. The summed E-state index contributed by atoms with van der Waals surface area (Å²) in [6.45, 7) is 15.3. The van der Waals surface area contributed by atoms with Gasteiger partial charge in [0.25, 0.3) is 0 Å². The molecule has 38 heavy (non-hydrogen) atoms. The lowest BCUT2D eigenvalue weighted by molar-refractivity contribution is 0.294. The van der Waals surface area contributed by atoms with Gasteiger partial charge in [0, 0.05) is 10.9 Å². The number of hydrogen-bond acceptors (Lipinski definition) is 2. The molecule has 0 amide bonds. The minimum Gasteiger partial charge on any atom is -0.488 e. The van der Waals surface area contributed by atoms with Crippen LogP contribution in [0, 0.1) is 0 Å². The maximum absolute atomic E-state index is 6.69. The fourth-order valence-corrected chi connectivity index (χ4v) is 4.79. The van der Waals surface area contributed by atoms with Gasteiger partial charge in [0.1, 0.15) is 24.7 Å². The Hall–Kier alpha value is -4.30. The largest absolute Gasteiger partial charge is 0.488 e. The molecule has 0 bridgehead atoms. The SMILES string of the molecule is C=Cc1ccc(COc2c(C(C)(C)C)ccc3cc4ccccc4c(OCc4ccc(C=C)cc4)c23)cc1. The smallest absolute Gasteiger partial charge is 0.139 e. The predicted molar refractivity (Wildman–Crippen MR) is 162 cm³/mol. The Labute approximate surface area is 225 Å². The van der Waals surface area contributed by atoms with E-state index >= 15 is 0 Å². The average molecular weight is 499 g/mol. The summed E-state index contributed by atoms with van der Waals surface area (Å²) in [5.74, 6) is 1.74. The van der Waals surface area contributed by atoms with Gasteiger partial charge in [0.05, 0.1) is 5.39 Å². The second-order valence-corrected chi connectivity index (χ2v) is 10.7. The topological polar surface area (TPSA) is 18.5 Å². The fourth-order valence-electron chi connectivity index (χ4n) is 4.79. The van der Waals surface area contributed by atoms with Crippen LogP contribution in [0.1, 0.15) is 48.6 Å². The van der Waals surface area contributed by atoms with Gasteiger partial charge in [0.2, 0.25) is 0 Å². The summed E-state index contributed by atoms with van der Waals surface area (Å²) in [4.78, 5) is 0. The highest BCUT2D eigenvalue weighted by atomic mass is 16.5. The Morgan fingerprint density at radius 1 is 0.632 bits per heavy atom. The molecule has 0 unspecified atom stereocenters. The Morgan fingerprint density at radius 3 is 1.74 bits per heavy atom. The van der Waals surface area contributed by atoms with Crippen LogP contribution in [0.15, 0.2) is 104 Å². The van der Waals surface area contributed by atoms with E-state index in [4.69, 9.17) is 9.47 Å². The van der Waals surface area contributed by atoms with Crippen molar-refractivity contribution in [1.82, 2.24) is 0 Å². The van der Waals surface area contributed by atoms with E-state index in [2.05, 4.69) is 125 Å². The van der Waals surface area contributed by atoms with E-state index in [1.165, 1.54) is 0 Å². The fraction of sp³-hybridized carbons (Fsp3) is 0.167. The molecule has 0 radical (unpaired) electrons. The highest BCUT2D eigenvalue weighted by Crippen LogP contribution is 2.45. The van der Waals surface area contributed by atoms with Gasteiger partial charge in [-0.15, -0.1) is 0 Å². The van der Waals surface area contributed by atoms with Crippen LogP contribution in [0.5, 0.6) is 11.5 Å². The monoisotopic (exact) mass is 498 g/mol. The maximum Gasteiger partial charge on any atom is 0.139 e. The van der Waals surface area contributed by atoms with E-state index < -0.39 is 0 Å². The first-order chi connectivity index (χ1) is 18.4. The molecule has 0 spiro atoms. The van der Waals surface area contributed by atoms with E-state index in [0.29, 0.717) is 13.2 Å². The van der Waals surface area contributed by atoms with Gasteiger partial charge in [-0.2, -0.15) is 0 Å². The molecule has 0 saturated carbocycles. The van der Waals surface area contributed by atoms with Gasteiger partial charge in [-0.05, 0) is 44.5 Å². The molecule has 0 aliphatic rings. The van der Waals surface area contributed by atoms with Crippen molar-refractivity contribution in [3.05, 3.63) is 132 Å². The van der Waals surface area contributed by atoms with Gasteiger partial charge in [-0.1, -0.05) is 131 Å². The zero-order valence-corrected chi connectivity index (χ0v) is 22.5. The molecule has 0 aliphatic heterocycles. The molecule has 2 nitrogen and oxygen atoms in total. The normalized spacial score (nSPS) is 11.4. The van der Waals surface area contributed by atoms with Crippen molar-refractivity contribution < 1.29 is 9.47 Å². The van der Waals surface area contributed by atoms with E-state index in [-0.39, 0.29) is 5.41 Å². The van der Waals surface area contributed by atoms with Crippen molar-refractivity contribution >= 4 is 33.7 Å². The lowest BCUT2D eigenvalue weighted by Crippen LogP contribution is -2.14. The molecular weight excluding hydrogens is 464 g/mol. The average Bonchev–Trinajstić information content (AvgIpc) is 2.93. The molecule has 5 aromatic rings. The maximum atomic E-state index is 6.69. The van der Waals surface area contributed by atoms with Crippen molar-refractivity contribution in [2.75, 3.05) is 0 Å². The van der Waals surface area contributed by atoms with E-state index in [1.54, 1.807) is 0 Å². The Balaban J connectivity index is 1.65. The van der Waals surface area contributed by atoms with Gasteiger partial charge >= 0.3 is 0 Å². The van der Waals surface area contributed by atoms with Gasteiger partial charge in [-0.25, -0.2) is 0 Å². The summed E-state index contributed by atoms with van der Waals surface area (Å²) < 4.78 is 13.4. The number of fused-ring (bicyclic) bond motifs is 2. The number of rotatable bonds is 8. The summed E-state index contributed by atoms with van der Waals surface area (Å²) in [5, 5.41) is 4.34. The third kappa shape index (κ3) is 5.21. The number of hydrogen-bond donors (Lipinski definition) is 0. The van der Waals surface area contributed by atoms with Gasteiger partial charge in [0.15, 0.2) is 0 Å². The van der Waals surface area contributed by atoms with Crippen LogP contribution in [0.3, 0.4) is 0 Å². The van der Waals surface area contributed by atoms with Crippen molar-refractivity contribution in [2.45, 2.75) is 39.4 Å². The predicted octanol–water partition coefficient (Wildman–Crippen LogP) is 9.73. The van der Waals surface area contributed by atoms with Crippen LogP contribution in [-0.2, 0) is 18.6 Å². The quantitative estimate of drug-likeness (QED) is 0.198. The van der Waals surface area contributed by atoms with Gasteiger partial charge in [-0.3, -0.25) is 0 Å². The molecule has 5 aromatic carbocycles. The summed E-state index contributed by atoms with van der Waals surface area (Å²) in [7, 11) is 0. The first-order valence-corrected chi connectivity index (χ1v) is 13.0. The summed E-state index contributed by atoms with van der Waals surface area (Å²) >= 11 is 0. The Kier molecular flexibility index (Phi) is 7.07. The van der Waals surface area contributed by atoms with Crippen molar-refractivity contribution in [1.29, 1.82) is 0 Å². The number of ether oxygens (including phenoxy) is 2. The number of benzene rings is 5. The van der Waals surface area contributed by atoms with Crippen LogP contribution in [0.4, 0.5) is 0 Å². The molecule has 0 N–H and O–H groups in total. The summed E-state index contributed by atoms with van der Waals surface area (Å²) in [6, 6.07) is 31.7. The summed E-state index contributed by atoms with van der Waals surface area (Å²) in [5.41, 5.74) is 5.45.